The summed E-state index contributed by atoms with van der Waals surface area (Å²) in [6, 6.07) is 7.91. The Morgan fingerprint density at radius 1 is 1.04 bits per heavy atom. The van der Waals surface area contributed by atoms with Gasteiger partial charge in [0.25, 0.3) is 0 Å². The van der Waals surface area contributed by atoms with E-state index in [1.165, 1.54) is 48.6 Å². The van der Waals surface area contributed by atoms with Crippen LogP contribution < -0.4 is 10.2 Å². The number of anilines is 1. The van der Waals surface area contributed by atoms with Crippen molar-refractivity contribution in [3.05, 3.63) is 23.8 Å². The molecule has 4 nitrogen and oxygen atoms in total. The van der Waals surface area contributed by atoms with Gasteiger partial charge in [-0.1, -0.05) is 6.07 Å². The van der Waals surface area contributed by atoms with Gasteiger partial charge in [0.15, 0.2) is 0 Å². The minimum atomic E-state index is 0.762. The van der Waals surface area contributed by atoms with Crippen molar-refractivity contribution in [1.29, 1.82) is 0 Å². The second-order valence-electron chi connectivity index (χ2n) is 7.40. The van der Waals surface area contributed by atoms with Gasteiger partial charge in [-0.2, -0.15) is 0 Å². The number of nitrogens with zero attached hydrogens (tertiary/aromatic N) is 3. The Morgan fingerprint density at radius 2 is 1.87 bits per heavy atom. The van der Waals surface area contributed by atoms with Crippen LogP contribution in [0.4, 0.5) is 5.69 Å². The number of benzene rings is 1. The standard InChI is InChI=1S/C18H26N4S/c1-2-16(21-9-5-19-6-10-21)11-18-15(1)12-22(23-18)17-13-20-7-3-14(17)4-8-20/h1-2,11,14,17,19H,3-10,12-13H2/t17-/m0/s1. The molecule has 5 heteroatoms. The molecule has 124 valence electrons. The Kier molecular flexibility index (Phi) is 3.78. The summed E-state index contributed by atoms with van der Waals surface area (Å²) in [6.07, 6.45) is 2.81. The lowest BCUT2D eigenvalue weighted by Gasteiger charge is -2.47. The van der Waals surface area contributed by atoms with E-state index < -0.39 is 0 Å². The zero-order valence-electron chi connectivity index (χ0n) is 13.7. The van der Waals surface area contributed by atoms with Crippen LogP contribution >= 0.6 is 11.9 Å². The lowest BCUT2D eigenvalue weighted by Crippen LogP contribution is -2.54. The summed E-state index contributed by atoms with van der Waals surface area (Å²) in [7, 11) is 0. The van der Waals surface area contributed by atoms with Crippen LogP contribution in [0.5, 0.6) is 0 Å². The molecule has 0 radical (unpaired) electrons. The van der Waals surface area contributed by atoms with Crippen LogP contribution in [-0.4, -0.2) is 61.1 Å². The van der Waals surface area contributed by atoms with Crippen molar-refractivity contribution in [3.8, 4) is 0 Å². The smallest absolute Gasteiger partial charge is 0.0379 e. The van der Waals surface area contributed by atoms with Crippen LogP contribution in [0.2, 0.25) is 0 Å². The summed E-state index contributed by atoms with van der Waals surface area (Å²) in [6.45, 7) is 9.57. The Labute approximate surface area is 143 Å². The second kappa shape index (κ2) is 5.96. The summed E-state index contributed by atoms with van der Waals surface area (Å²) in [5.41, 5.74) is 2.94. The lowest BCUT2D eigenvalue weighted by molar-refractivity contribution is 0.0420. The molecule has 1 atom stereocenters. The number of piperazine rings is 1. The van der Waals surface area contributed by atoms with Crippen molar-refractivity contribution in [1.82, 2.24) is 14.5 Å². The third-order valence-electron chi connectivity index (χ3n) is 6.07. The molecule has 2 bridgehead atoms. The first kappa shape index (κ1) is 14.6. The summed E-state index contributed by atoms with van der Waals surface area (Å²) < 4.78 is 2.68. The highest BCUT2D eigenvalue weighted by atomic mass is 32.2. The quantitative estimate of drug-likeness (QED) is 0.835. The zero-order valence-corrected chi connectivity index (χ0v) is 14.5. The monoisotopic (exact) mass is 330 g/mol. The Bertz CT molecular complexity index is 578. The van der Waals surface area contributed by atoms with Gasteiger partial charge >= 0.3 is 0 Å². The van der Waals surface area contributed by atoms with Crippen molar-refractivity contribution in [3.63, 3.8) is 0 Å². The molecule has 0 saturated carbocycles. The van der Waals surface area contributed by atoms with E-state index in [4.69, 9.17) is 0 Å². The normalized spacial score (nSPS) is 33.9. The van der Waals surface area contributed by atoms with Crippen LogP contribution in [0.15, 0.2) is 23.1 Å². The highest BCUT2D eigenvalue weighted by molar-refractivity contribution is 7.97. The SMILES string of the molecule is c1cc2c(cc1N1CCNCC1)SN([C@H]1CN3CCC1CC3)C2. The van der Waals surface area contributed by atoms with Crippen LogP contribution in [0, 0.1) is 5.92 Å². The molecule has 0 unspecified atom stereocenters. The van der Waals surface area contributed by atoms with Gasteiger partial charge < -0.3 is 15.1 Å². The van der Waals surface area contributed by atoms with Gasteiger partial charge in [-0.25, -0.2) is 4.31 Å². The molecule has 5 heterocycles. The summed E-state index contributed by atoms with van der Waals surface area (Å²) in [5, 5.41) is 3.44. The average Bonchev–Trinajstić information content (AvgIpc) is 3.06. The summed E-state index contributed by atoms with van der Waals surface area (Å²) >= 11 is 2.02. The first-order valence-electron chi connectivity index (χ1n) is 9.12. The van der Waals surface area contributed by atoms with Crippen molar-refractivity contribution in [2.75, 3.05) is 50.7 Å². The fourth-order valence-corrected chi connectivity index (χ4v) is 5.90. The molecule has 6 rings (SSSR count). The van der Waals surface area contributed by atoms with E-state index in [9.17, 15) is 0 Å². The zero-order chi connectivity index (χ0) is 15.2. The Hall–Kier alpha value is -0.750. The molecule has 0 amide bonds. The highest BCUT2D eigenvalue weighted by Gasteiger charge is 2.39. The number of hydrogen-bond acceptors (Lipinski definition) is 5. The molecular formula is C18H26N4S. The van der Waals surface area contributed by atoms with E-state index >= 15 is 0 Å². The van der Waals surface area contributed by atoms with Crippen molar-refractivity contribution in [2.24, 2.45) is 5.92 Å². The van der Waals surface area contributed by atoms with Gasteiger partial charge in [-0.15, -0.1) is 0 Å². The average molecular weight is 331 g/mol. The maximum absolute atomic E-state index is 3.44. The second-order valence-corrected chi connectivity index (χ2v) is 8.49. The van der Waals surface area contributed by atoms with Gasteiger partial charge in [-0.3, -0.25) is 0 Å². The molecule has 0 aromatic heterocycles. The van der Waals surface area contributed by atoms with Crippen LogP contribution in [0.25, 0.3) is 0 Å². The van der Waals surface area contributed by atoms with Crippen LogP contribution in [0.3, 0.4) is 0 Å². The van der Waals surface area contributed by atoms with Crippen LogP contribution in [0.1, 0.15) is 18.4 Å². The minimum Gasteiger partial charge on any atom is -0.369 e. The van der Waals surface area contributed by atoms with E-state index in [0.29, 0.717) is 0 Å². The predicted molar refractivity (Wildman–Crippen MR) is 95.9 cm³/mol. The van der Waals surface area contributed by atoms with E-state index in [-0.39, 0.29) is 0 Å². The maximum atomic E-state index is 3.44. The topological polar surface area (TPSA) is 21.8 Å². The first-order chi connectivity index (χ1) is 11.4. The number of fused-ring (bicyclic) bond motifs is 4. The van der Waals surface area contributed by atoms with E-state index in [2.05, 4.69) is 37.6 Å². The fourth-order valence-electron chi connectivity index (χ4n) is 4.65. The minimum absolute atomic E-state index is 0.762. The van der Waals surface area contributed by atoms with Gasteiger partial charge in [0.1, 0.15) is 0 Å². The fraction of sp³-hybridized carbons (Fsp3) is 0.667. The maximum Gasteiger partial charge on any atom is 0.0379 e. The van der Waals surface area contributed by atoms with Crippen molar-refractivity contribution in [2.45, 2.75) is 30.3 Å². The first-order valence-corrected chi connectivity index (χ1v) is 9.90. The molecule has 5 aliphatic rings. The molecule has 23 heavy (non-hydrogen) atoms. The Balaban J connectivity index is 1.33. The number of nitrogens with one attached hydrogen (secondary N) is 1. The van der Waals surface area contributed by atoms with E-state index in [1.807, 2.05) is 11.9 Å². The third kappa shape index (κ3) is 2.68. The van der Waals surface area contributed by atoms with E-state index in [1.54, 1.807) is 0 Å². The molecule has 1 N–H and O–H groups in total. The number of piperidine rings is 3. The Morgan fingerprint density at radius 3 is 2.61 bits per heavy atom. The van der Waals surface area contributed by atoms with Crippen molar-refractivity contribution >= 4 is 17.6 Å². The molecule has 0 aliphatic carbocycles. The largest absolute Gasteiger partial charge is 0.369 e. The predicted octanol–water partition coefficient (Wildman–Crippen LogP) is 2.01. The van der Waals surface area contributed by atoms with Gasteiger partial charge in [0, 0.05) is 55.9 Å². The van der Waals surface area contributed by atoms with Gasteiger partial charge in [0.05, 0.1) is 0 Å². The molecular weight excluding hydrogens is 304 g/mol. The third-order valence-corrected chi connectivity index (χ3v) is 7.28. The molecule has 4 fully saturated rings. The van der Waals surface area contributed by atoms with Crippen molar-refractivity contribution < 1.29 is 0 Å². The molecule has 5 aliphatic heterocycles. The summed E-state index contributed by atoms with van der Waals surface area (Å²) in [4.78, 5) is 6.69. The van der Waals surface area contributed by atoms with Gasteiger partial charge in [0.2, 0.25) is 0 Å². The molecule has 4 saturated heterocycles. The summed E-state index contributed by atoms with van der Waals surface area (Å²) in [5.74, 6) is 0.925. The highest BCUT2D eigenvalue weighted by Crippen LogP contribution is 2.43. The number of hydrogen-bond donors (Lipinski definition) is 1. The lowest BCUT2D eigenvalue weighted by atomic mass is 9.84. The van der Waals surface area contributed by atoms with E-state index in [0.717, 1.165) is 44.7 Å². The molecule has 1 aromatic rings. The molecule has 0 spiro atoms. The molecule has 1 aromatic carbocycles. The van der Waals surface area contributed by atoms with Crippen LogP contribution in [-0.2, 0) is 6.54 Å². The van der Waals surface area contributed by atoms with Gasteiger partial charge in [-0.05, 0) is 61.5 Å². The number of rotatable bonds is 2.